The van der Waals surface area contributed by atoms with E-state index in [1.807, 2.05) is 42.5 Å². The van der Waals surface area contributed by atoms with Gasteiger partial charge in [0.2, 0.25) is 11.7 Å². The largest absolute Gasteiger partial charge is 0.446 e. The number of furan rings is 1. The maximum absolute atomic E-state index is 13.4. The summed E-state index contributed by atoms with van der Waals surface area (Å²) in [5.41, 5.74) is 2.32. The SMILES string of the molecule is O=c1oc2ccccc2c2c1C(c1cccc(Br)c1)c1c(ncn3nc(-c4ccc(Br)o4)nc13)O2. The zero-order chi connectivity index (χ0) is 23.7. The predicted molar refractivity (Wildman–Crippen MR) is 134 cm³/mol. The van der Waals surface area contributed by atoms with E-state index in [2.05, 4.69) is 41.9 Å². The summed E-state index contributed by atoms with van der Waals surface area (Å²) in [7, 11) is 0. The van der Waals surface area contributed by atoms with Gasteiger partial charge in [0.25, 0.3) is 0 Å². The quantitative estimate of drug-likeness (QED) is 0.218. The van der Waals surface area contributed by atoms with Gasteiger partial charge in [-0.15, -0.1) is 5.10 Å². The summed E-state index contributed by atoms with van der Waals surface area (Å²) in [5.74, 6) is 1.11. The van der Waals surface area contributed by atoms with Gasteiger partial charge in [0.1, 0.15) is 11.9 Å². The molecule has 0 spiro atoms. The van der Waals surface area contributed by atoms with Gasteiger partial charge in [-0.2, -0.15) is 0 Å². The zero-order valence-corrected chi connectivity index (χ0v) is 20.8. The van der Waals surface area contributed by atoms with Crippen molar-refractivity contribution in [2.45, 2.75) is 5.92 Å². The number of fused-ring (bicyclic) bond motifs is 6. The molecule has 7 rings (SSSR count). The van der Waals surface area contributed by atoms with E-state index in [1.165, 1.54) is 0 Å². The van der Waals surface area contributed by atoms with Crippen LogP contribution in [0.25, 0.3) is 28.2 Å². The molecule has 0 amide bonds. The minimum Gasteiger partial charge on any atom is -0.446 e. The molecule has 0 radical (unpaired) electrons. The summed E-state index contributed by atoms with van der Waals surface area (Å²) in [6, 6.07) is 18.6. The lowest BCUT2D eigenvalue weighted by Crippen LogP contribution is -2.22. The van der Waals surface area contributed by atoms with Crippen molar-refractivity contribution in [3.63, 3.8) is 0 Å². The summed E-state index contributed by atoms with van der Waals surface area (Å²) < 4.78 is 20.7. The molecule has 10 heteroatoms. The minimum atomic E-state index is -0.552. The topological polar surface area (TPSA) is 95.7 Å². The number of aromatic nitrogens is 4. The van der Waals surface area contributed by atoms with Crippen LogP contribution in [0.5, 0.6) is 11.6 Å². The van der Waals surface area contributed by atoms with Crippen molar-refractivity contribution < 1.29 is 13.6 Å². The number of benzene rings is 2. The summed E-state index contributed by atoms with van der Waals surface area (Å²) in [6.07, 6.45) is 1.54. The average Bonchev–Trinajstić information content (AvgIpc) is 3.49. The van der Waals surface area contributed by atoms with Gasteiger partial charge in [0, 0.05) is 4.47 Å². The van der Waals surface area contributed by atoms with Crippen molar-refractivity contribution in [1.82, 2.24) is 19.6 Å². The summed E-state index contributed by atoms with van der Waals surface area (Å²) in [5, 5.41) is 5.23. The molecule has 8 nitrogen and oxygen atoms in total. The smallest absolute Gasteiger partial charge is 0.344 e. The standard InChI is InChI=1S/C25H12Br2N4O4/c26-13-5-3-4-12(10-13)18-19-21(14-6-1-2-7-15(14)34-25(19)32)35-24-20(18)23-29-22(30-31(23)11-28-24)16-8-9-17(27)33-16/h1-11,18H. The Balaban J connectivity index is 1.56. The van der Waals surface area contributed by atoms with E-state index in [0.29, 0.717) is 55.6 Å². The Morgan fingerprint density at radius 2 is 1.83 bits per heavy atom. The second-order valence-electron chi connectivity index (χ2n) is 7.99. The fourth-order valence-corrected chi connectivity index (χ4v) is 5.21. The Morgan fingerprint density at radius 1 is 0.943 bits per heavy atom. The minimum absolute atomic E-state index is 0.352. The molecular formula is C25H12Br2N4O4. The van der Waals surface area contributed by atoms with Crippen molar-refractivity contribution in [1.29, 1.82) is 0 Å². The number of rotatable bonds is 2. The van der Waals surface area contributed by atoms with E-state index in [9.17, 15) is 4.79 Å². The third-order valence-electron chi connectivity index (χ3n) is 5.94. The second kappa shape index (κ2) is 7.62. The van der Waals surface area contributed by atoms with E-state index in [1.54, 1.807) is 29.0 Å². The Labute approximate surface area is 213 Å². The van der Waals surface area contributed by atoms with E-state index in [0.717, 1.165) is 10.0 Å². The van der Waals surface area contributed by atoms with E-state index >= 15 is 0 Å². The Morgan fingerprint density at radius 3 is 2.66 bits per heavy atom. The summed E-state index contributed by atoms with van der Waals surface area (Å²) in [4.78, 5) is 22.7. The van der Waals surface area contributed by atoms with Gasteiger partial charge >= 0.3 is 5.63 Å². The van der Waals surface area contributed by atoms with Crippen LogP contribution in [0.1, 0.15) is 22.6 Å². The molecular weight excluding hydrogens is 580 g/mol. The van der Waals surface area contributed by atoms with Crippen LogP contribution < -0.4 is 10.4 Å². The van der Waals surface area contributed by atoms with E-state index in [4.69, 9.17) is 18.6 Å². The van der Waals surface area contributed by atoms with Gasteiger partial charge in [0.15, 0.2) is 21.8 Å². The molecule has 0 fully saturated rings. The van der Waals surface area contributed by atoms with Gasteiger partial charge in [-0.3, -0.25) is 0 Å². The van der Waals surface area contributed by atoms with Crippen LogP contribution in [-0.4, -0.2) is 19.6 Å². The number of halogens is 2. The van der Waals surface area contributed by atoms with Crippen molar-refractivity contribution in [2.75, 3.05) is 0 Å². The molecule has 1 aliphatic heterocycles. The van der Waals surface area contributed by atoms with Crippen molar-refractivity contribution in [3.8, 4) is 23.2 Å². The lowest BCUT2D eigenvalue weighted by atomic mass is 9.84. The highest BCUT2D eigenvalue weighted by Crippen LogP contribution is 2.49. The highest BCUT2D eigenvalue weighted by atomic mass is 79.9. The fourth-order valence-electron chi connectivity index (χ4n) is 4.49. The molecule has 170 valence electrons. The number of hydrogen-bond donors (Lipinski definition) is 0. The first-order chi connectivity index (χ1) is 17.1. The van der Waals surface area contributed by atoms with E-state index < -0.39 is 11.5 Å². The Kier molecular flexibility index (Phi) is 4.49. The molecule has 5 heterocycles. The second-order valence-corrected chi connectivity index (χ2v) is 9.69. The van der Waals surface area contributed by atoms with Crippen LogP contribution in [0, 0.1) is 0 Å². The molecule has 0 saturated heterocycles. The van der Waals surface area contributed by atoms with Crippen molar-refractivity contribution in [3.05, 3.63) is 103 Å². The van der Waals surface area contributed by atoms with Crippen LogP contribution in [0.2, 0.25) is 0 Å². The van der Waals surface area contributed by atoms with E-state index in [-0.39, 0.29) is 0 Å². The van der Waals surface area contributed by atoms with Gasteiger partial charge < -0.3 is 13.6 Å². The monoisotopic (exact) mass is 590 g/mol. The fraction of sp³-hybridized carbons (Fsp3) is 0.0400. The third kappa shape index (κ3) is 3.17. The first kappa shape index (κ1) is 20.6. The molecule has 0 N–H and O–H groups in total. The molecule has 0 saturated carbocycles. The highest BCUT2D eigenvalue weighted by Gasteiger charge is 2.37. The predicted octanol–water partition coefficient (Wildman–Crippen LogP) is 6.30. The molecule has 1 unspecified atom stereocenters. The molecule has 2 aromatic carbocycles. The molecule has 4 aromatic heterocycles. The molecule has 1 atom stereocenters. The van der Waals surface area contributed by atoms with Crippen LogP contribution >= 0.6 is 31.9 Å². The van der Waals surface area contributed by atoms with Crippen molar-refractivity contribution >= 4 is 48.5 Å². The van der Waals surface area contributed by atoms with Crippen LogP contribution in [0.15, 0.2) is 89.8 Å². The number of nitrogens with zero attached hydrogens (tertiary/aromatic N) is 4. The molecule has 35 heavy (non-hydrogen) atoms. The molecule has 1 aliphatic rings. The van der Waals surface area contributed by atoms with Crippen LogP contribution in [0.4, 0.5) is 0 Å². The maximum Gasteiger partial charge on any atom is 0.344 e. The molecule has 0 bridgehead atoms. The van der Waals surface area contributed by atoms with Crippen LogP contribution in [-0.2, 0) is 0 Å². The lowest BCUT2D eigenvalue weighted by Gasteiger charge is -2.27. The first-order valence-corrected chi connectivity index (χ1v) is 12.2. The lowest BCUT2D eigenvalue weighted by molar-refractivity contribution is 0.422. The maximum atomic E-state index is 13.4. The Bertz CT molecular complexity index is 1860. The van der Waals surface area contributed by atoms with Gasteiger partial charge in [-0.1, -0.05) is 40.2 Å². The number of para-hydroxylation sites is 1. The number of hydrogen-bond acceptors (Lipinski definition) is 7. The van der Waals surface area contributed by atoms with Crippen LogP contribution in [0.3, 0.4) is 0 Å². The molecule has 6 aromatic rings. The number of ether oxygens (including phenoxy) is 1. The molecule has 0 aliphatic carbocycles. The van der Waals surface area contributed by atoms with Gasteiger partial charge in [-0.05, 0) is 57.9 Å². The first-order valence-electron chi connectivity index (χ1n) is 10.6. The van der Waals surface area contributed by atoms with Crippen molar-refractivity contribution in [2.24, 2.45) is 0 Å². The highest BCUT2D eigenvalue weighted by molar-refractivity contribution is 9.10. The van der Waals surface area contributed by atoms with Gasteiger partial charge in [-0.25, -0.2) is 19.3 Å². The zero-order valence-electron chi connectivity index (χ0n) is 17.6. The average molecular weight is 592 g/mol. The van der Waals surface area contributed by atoms with Gasteiger partial charge in [0.05, 0.1) is 22.4 Å². The third-order valence-corrected chi connectivity index (χ3v) is 6.86. The summed E-state index contributed by atoms with van der Waals surface area (Å²) in [6.45, 7) is 0. The summed E-state index contributed by atoms with van der Waals surface area (Å²) >= 11 is 6.87. The Hall–Kier alpha value is -3.76. The normalized spacial score (nSPS) is 14.6.